The van der Waals surface area contributed by atoms with Crippen LogP contribution in [0.4, 0.5) is 0 Å². The van der Waals surface area contributed by atoms with E-state index in [-0.39, 0.29) is 30.6 Å². The highest BCUT2D eigenvalue weighted by Gasteiger charge is 2.25. The van der Waals surface area contributed by atoms with Crippen molar-refractivity contribution in [3.63, 3.8) is 0 Å². The van der Waals surface area contributed by atoms with Crippen LogP contribution in [-0.2, 0) is 11.3 Å². The van der Waals surface area contributed by atoms with E-state index in [1.165, 1.54) is 5.56 Å². The van der Waals surface area contributed by atoms with Gasteiger partial charge < -0.3 is 20.7 Å². The second-order valence-electron chi connectivity index (χ2n) is 7.66. The van der Waals surface area contributed by atoms with Gasteiger partial charge in [0.1, 0.15) is 5.75 Å². The van der Waals surface area contributed by atoms with Crippen molar-refractivity contribution in [2.45, 2.75) is 25.9 Å². The maximum absolute atomic E-state index is 10.9. The van der Waals surface area contributed by atoms with E-state index >= 15 is 0 Å². The van der Waals surface area contributed by atoms with E-state index in [4.69, 9.17) is 10.5 Å². The summed E-state index contributed by atoms with van der Waals surface area (Å²) < 4.78 is 5.39. The molecule has 2 aromatic rings. The van der Waals surface area contributed by atoms with Crippen molar-refractivity contribution in [2.24, 2.45) is 10.7 Å². The fourth-order valence-corrected chi connectivity index (χ4v) is 4.04. The number of rotatable bonds is 8. The van der Waals surface area contributed by atoms with Gasteiger partial charge in [-0.15, -0.1) is 24.0 Å². The maximum atomic E-state index is 10.9. The number of carbonyl (C=O) groups excluding carboxylic acids is 1. The number of carbonyl (C=O) groups is 1. The average molecular weight is 551 g/mol. The van der Waals surface area contributed by atoms with Gasteiger partial charge in [0.2, 0.25) is 0 Å². The number of hydrogen-bond acceptors (Lipinski definition) is 4. The number of nitrogens with two attached hydrogens (primary N) is 1. The quantitative estimate of drug-likeness (QED) is 0.300. The van der Waals surface area contributed by atoms with Crippen molar-refractivity contribution in [2.75, 3.05) is 39.8 Å². The lowest BCUT2D eigenvalue weighted by Gasteiger charge is -2.40. The molecule has 0 aromatic heterocycles. The average Bonchev–Trinajstić information content (AvgIpc) is 2.80. The molecule has 0 spiro atoms. The van der Waals surface area contributed by atoms with Gasteiger partial charge in [0.25, 0.3) is 5.91 Å². The topological polar surface area (TPSA) is 83.2 Å². The number of nitrogens with zero attached hydrogens (tertiary/aromatic N) is 3. The first kappa shape index (κ1) is 25.9. The van der Waals surface area contributed by atoms with Gasteiger partial charge in [0, 0.05) is 45.8 Å². The number of primary amides is 1. The van der Waals surface area contributed by atoms with Crippen molar-refractivity contribution in [1.29, 1.82) is 0 Å². The van der Waals surface area contributed by atoms with E-state index in [0.717, 1.165) is 44.1 Å². The van der Waals surface area contributed by atoms with Gasteiger partial charge in [-0.05, 0) is 29.7 Å². The predicted octanol–water partition coefficient (Wildman–Crippen LogP) is 3.01. The van der Waals surface area contributed by atoms with E-state index in [0.29, 0.717) is 18.3 Å². The lowest BCUT2D eigenvalue weighted by molar-refractivity contribution is -0.119. The van der Waals surface area contributed by atoms with Crippen molar-refractivity contribution in [3.8, 4) is 5.75 Å². The molecule has 1 saturated heterocycles. The molecule has 0 aliphatic carbocycles. The lowest BCUT2D eigenvalue weighted by atomic mass is 10.0. The van der Waals surface area contributed by atoms with Gasteiger partial charge in [-0.25, -0.2) is 0 Å². The molecule has 1 aliphatic heterocycles. The van der Waals surface area contributed by atoms with Crippen LogP contribution in [0.25, 0.3) is 0 Å². The molecule has 3 rings (SSSR count). The monoisotopic (exact) mass is 551 g/mol. The Labute approximate surface area is 208 Å². The standard InChI is InChI=1S/C24H33N5O2.HI/c1-3-22(20-9-5-4-6-10-20)28-12-14-29(15-13-28)24(26-2)27-17-19-8-7-11-21(16-19)31-18-23(25)30;/h4-11,16,22H,3,12-15,17-18H2,1-2H3,(H2,25,30)(H,26,27);1H. The zero-order chi connectivity index (χ0) is 22.1. The Kier molecular flexibility index (Phi) is 10.8. The van der Waals surface area contributed by atoms with E-state index in [1.54, 1.807) is 0 Å². The summed E-state index contributed by atoms with van der Waals surface area (Å²) in [4.78, 5) is 20.3. The molecule has 1 unspecified atom stereocenters. The molecule has 1 heterocycles. The number of halogens is 1. The molecule has 3 N–H and O–H groups in total. The van der Waals surface area contributed by atoms with Crippen LogP contribution >= 0.6 is 24.0 Å². The molecule has 1 fully saturated rings. The van der Waals surface area contributed by atoms with Crippen LogP contribution < -0.4 is 15.8 Å². The van der Waals surface area contributed by atoms with Crippen molar-refractivity contribution >= 4 is 35.8 Å². The number of nitrogens with one attached hydrogen (secondary N) is 1. The first-order chi connectivity index (χ1) is 15.1. The molecule has 1 amide bonds. The van der Waals surface area contributed by atoms with Crippen LogP contribution in [0.5, 0.6) is 5.75 Å². The van der Waals surface area contributed by atoms with Gasteiger partial charge in [-0.2, -0.15) is 0 Å². The number of benzene rings is 2. The zero-order valence-corrected chi connectivity index (χ0v) is 21.2. The highest BCUT2D eigenvalue weighted by molar-refractivity contribution is 14.0. The Morgan fingerprint density at radius 1 is 1.12 bits per heavy atom. The van der Waals surface area contributed by atoms with Crippen LogP contribution in [0.2, 0.25) is 0 Å². The maximum Gasteiger partial charge on any atom is 0.255 e. The van der Waals surface area contributed by atoms with Crippen LogP contribution in [-0.4, -0.2) is 61.5 Å². The van der Waals surface area contributed by atoms with Gasteiger partial charge in [0.05, 0.1) is 0 Å². The number of ether oxygens (including phenoxy) is 1. The largest absolute Gasteiger partial charge is 0.484 e. The number of amides is 1. The van der Waals surface area contributed by atoms with Crippen LogP contribution in [0.15, 0.2) is 59.6 Å². The Hall–Kier alpha value is -2.33. The minimum Gasteiger partial charge on any atom is -0.484 e. The highest BCUT2D eigenvalue weighted by atomic mass is 127. The summed E-state index contributed by atoms with van der Waals surface area (Å²) in [5.41, 5.74) is 7.59. The Bertz CT molecular complexity index is 870. The lowest BCUT2D eigenvalue weighted by Crippen LogP contribution is -2.52. The molecule has 2 aromatic carbocycles. The Morgan fingerprint density at radius 2 is 1.84 bits per heavy atom. The predicted molar refractivity (Wildman–Crippen MR) is 139 cm³/mol. The van der Waals surface area contributed by atoms with Crippen molar-refractivity contribution in [1.82, 2.24) is 15.1 Å². The Morgan fingerprint density at radius 3 is 2.47 bits per heavy atom. The molecule has 0 bridgehead atoms. The fraction of sp³-hybridized carbons (Fsp3) is 0.417. The van der Waals surface area contributed by atoms with Crippen molar-refractivity contribution < 1.29 is 9.53 Å². The second kappa shape index (κ2) is 13.3. The van der Waals surface area contributed by atoms with Crippen LogP contribution in [0.3, 0.4) is 0 Å². The van der Waals surface area contributed by atoms with E-state index < -0.39 is 5.91 Å². The Balaban J connectivity index is 0.00000363. The number of aliphatic imine (C=N–C) groups is 1. The molecule has 174 valence electrons. The summed E-state index contributed by atoms with van der Waals surface area (Å²) in [7, 11) is 1.82. The summed E-state index contributed by atoms with van der Waals surface area (Å²) in [5, 5.41) is 3.45. The molecular weight excluding hydrogens is 517 g/mol. The third kappa shape index (κ3) is 7.37. The summed E-state index contributed by atoms with van der Waals surface area (Å²) in [5.74, 6) is 1.05. The second-order valence-corrected chi connectivity index (χ2v) is 7.66. The summed E-state index contributed by atoms with van der Waals surface area (Å²) in [6, 6.07) is 18.9. The van der Waals surface area contributed by atoms with E-state index in [9.17, 15) is 4.79 Å². The van der Waals surface area contributed by atoms with Crippen molar-refractivity contribution in [3.05, 3.63) is 65.7 Å². The summed E-state index contributed by atoms with van der Waals surface area (Å²) in [6.45, 7) is 6.64. The fourth-order valence-electron chi connectivity index (χ4n) is 4.04. The first-order valence-corrected chi connectivity index (χ1v) is 10.8. The summed E-state index contributed by atoms with van der Waals surface area (Å²) in [6.07, 6.45) is 1.10. The number of guanidine groups is 1. The summed E-state index contributed by atoms with van der Waals surface area (Å²) >= 11 is 0. The minimum absolute atomic E-state index is 0. The SMILES string of the molecule is CCC(c1ccccc1)N1CCN(C(=NC)NCc2cccc(OCC(N)=O)c2)CC1.I. The number of hydrogen-bond donors (Lipinski definition) is 2. The minimum atomic E-state index is -0.486. The van der Waals surface area contributed by atoms with E-state index in [2.05, 4.69) is 57.4 Å². The highest BCUT2D eigenvalue weighted by Crippen LogP contribution is 2.25. The third-order valence-corrected chi connectivity index (χ3v) is 5.57. The molecule has 1 aliphatic rings. The molecule has 7 nitrogen and oxygen atoms in total. The molecule has 1 atom stereocenters. The first-order valence-electron chi connectivity index (χ1n) is 10.8. The van der Waals surface area contributed by atoms with E-state index in [1.807, 2.05) is 31.3 Å². The molecule has 0 radical (unpaired) electrons. The van der Waals surface area contributed by atoms with Gasteiger partial charge >= 0.3 is 0 Å². The smallest absolute Gasteiger partial charge is 0.255 e. The number of piperazine rings is 1. The van der Waals surface area contributed by atoms with Gasteiger partial charge in [-0.3, -0.25) is 14.7 Å². The molecule has 8 heteroatoms. The van der Waals surface area contributed by atoms with Gasteiger partial charge in [-0.1, -0.05) is 49.4 Å². The normalized spacial score (nSPS) is 15.6. The molecular formula is C24H34IN5O2. The third-order valence-electron chi connectivity index (χ3n) is 5.57. The van der Waals surface area contributed by atoms with Gasteiger partial charge in [0.15, 0.2) is 12.6 Å². The van der Waals surface area contributed by atoms with Crippen LogP contribution in [0.1, 0.15) is 30.5 Å². The van der Waals surface area contributed by atoms with Crippen LogP contribution in [0, 0.1) is 0 Å². The zero-order valence-electron chi connectivity index (χ0n) is 18.9. The molecule has 0 saturated carbocycles. The molecule has 32 heavy (non-hydrogen) atoms.